The lowest BCUT2D eigenvalue weighted by Gasteiger charge is -2.40. The van der Waals surface area contributed by atoms with Gasteiger partial charge in [-0.2, -0.15) is 0 Å². The van der Waals surface area contributed by atoms with E-state index in [9.17, 15) is 14.0 Å². The van der Waals surface area contributed by atoms with Gasteiger partial charge in [0.25, 0.3) is 0 Å². The number of halogens is 1. The van der Waals surface area contributed by atoms with E-state index in [0.29, 0.717) is 43.4 Å². The van der Waals surface area contributed by atoms with Crippen molar-refractivity contribution in [2.45, 2.75) is 13.0 Å². The Morgan fingerprint density at radius 3 is 2.59 bits per heavy atom. The van der Waals surface area contributed by atoms with Gasteiger partial charge in [0, 0.05) is 32.7 Å². The van der Waals surface area contributed by atoms with Crippen LogP contribution in [0.1, 0.15) is 18.5 Å². The Balaban J connectivity index is 1.48. The summed E-state index contributed by atoms with van der Waals surface area (Å²) in [5, 5.41) is 2.68. The zero-order valence-electron chi connectivity index (χ0n) is 17.9. The fourth-order valence-corrected chi connectivity index (χ4v) is 4.02. The van der Waals surface area contributed by atoms with Crippen molar-refractivity contribution in [1.29, 1.82) is 0 Å². The highest BCUT2D eigenvalue weighted by atomic mass is 19.1. The van der Waals surface area contributed by atoms with E-state index in [4.69, 9.17) is 14.2 Å². The Morgan fingerprint density at radius 2 is 1.84 bits per heavy atom. The van der Waals surface area contributed by atoms with Crippen molar-refractivity contribution in [3.8, 4) is 11.5 Å². The molecule has 2 heterocycles. The molecular formula is C23H26FN3O5. The SMILES string of the molecule is CCOC(=O)C(=O)NC[C@@H](c1ccc2c(c1)OCO2)N1CCN(c2ccccc2F)CC1. The molecule has 1 saturated heterocycles. The number of para-hydroxylation sites is 1. The van der Waals surface area contributed by atoms with E-state index >= 15 is 0 Å². The van der Waals surface area contributed by atoms with E-state index in [1.165, 1.54) is 6.07 Å². The maximum absolute atomic E-state index is 14.2. The molecule has 170 valence electrons. The quantitative estimate of drug-likeness (QED) is 0.541. The molecule has 0 radical (unpaired) electrons. The normalized spacial score (nSPS) is 16.5. The molecule has 1 N–H and O–H groups in total. The molecule has 0 aliphatic carbocycles. The summed E-state index contributed by atoms with van der Waals surface area (Å²) in [7, 11) is 0. The van der Waals surface area contributed by atoms with Gasteiger partial charge in [0.05, 0.1) is 18.3 Å². The summed E-state index contributed by atoms with van der Waals surface area (Å²) in [5.74, 6) is -0.597. The zero-order chi connectivity index (χ0) is 22.5. The molecule has 32 heavy (non-hydrogen) atoms. The van der Waals surface area contributed by atoms with Crippen LogP contribution >= 0.6 is 0 Å². The summed E-state index contributed by atoms with van der Waals surface area (Å²) in [6.45, 7) is 4.75. The van der Waals surface area contributed by atoms with Crippen LogP contribution in [0.5, 0.6) is 11.5 Å². The number of amides is 1. The molecule has 0 aromatic heterocycles. The first-order chi connectivity index (χ1) is 15.6. The van der Waals surface area contributed by atoms with Crippen molar-refractivity contribution < 1.29 is 28.2 Å². The molecule has 0 saturated carbocycles. The second-order valence-corrected chi connectivity index (χ2v) is 7.53. The number of piperazine rings is 1. The molecule has 1 amide bonds. The third kappa shape index (κ3) is 4.77. The van der Waals surface area contributed by atoms with Crippen LogP contribution in [0.4, 0.5) is 10.1 Å². The maximum Gasteiger partial charge on any atom is 0.396 e. The van der Waals surface area contributed by atoms with Gasteiger partial charge in [-0.25, -0.2) is 9.18 Å². The van der Waals surface area contributed by atoms with Gasteiger partial charge in [-0.1, -0.05) is 18.2 Å². The predicted molar refractivity (Wildman–Crippen MR) is 115 cm³/mol. The number of esters is 1. The highest BCUT2D eigenvalue weighted by Gasteiger charge is 2.29. The minimum absolute atomic E-state index is 0.135. The van der Waals surface area contributed by atoms with Crippen LogP contribution in [0.15, 0.2) is 42.5 Å². The van der Waals surface area contributed by atoms with Gasteiger partial charge < -0.3 is 24.4 Å². The Hall–Kier alpha value is -3.33. The van der Waals surface area contributed by atoms with Gasteiger partial charge >= 0.3 is 11.9 Å². The largest absolute Gasteiger partial charge is 0.459 e. The van der Waals surface area contributed by atoms with E-state index in [-0.39, 0.29) is 31.8 Å². The third-order valence-corrected chi connectivity index (χ3v) is 5.65. The minimum Gasteiger partial charge on any atom is -0.459 e. The average molecular weight is 443 g/mol. The second kappa shape index (κ2) is 9.86. The van der Waals surface area contributed by atoms with Gasteiger partial charge in [-0.05, 0) is 36.8 Å². The molecule has 9 heteroatoms. The fourth-order valence-electron chi connectivity index (χ4n) is 4.02. The van der Waals surface area contributed by atoms with Crippen LogP contribution in [0.25, 0.3) is 0 Å². The van der Waals surface area contributed by atoms with Crippen LogP contribution in [0.3, 0.4) is 0 Å². The second-order valence-electron chi connectivity index (χ2n) is 7.53. The van der Waals surface area contributed by atoms with Gasteiger partial charge in [0.1, 0.15) is 5.82 Å². The number of nitrogens with zero attached hydrogens (tertiary/aromatic N) is 2. The first kappa shape index (κ1) is 21.9. The molecule has 2 aliphatic heterocycles. The van der Waals surface area contributed by atoms with Crippen LogP contribution in [0, 0.1) is 5.82 Å². The Morgan fingerprint density at radius 1 is 1.09 bits per heavy atom. The van der Waals surface area contributed by atoms with Crippen molar-refractivity contribution in [2.75, 3.05) is 51.0 Å². The number of anilines is 1. The summed E-state index contributed by atoms with van der Waals surface area (Å²) >= 11 is 0. The number of rotatable bonds is 6. The molecule has 2 aromatic carbocycles. The summed E-state index contributed by atoms with van der Waals surface area (Å²) in [5.41, 5.74) is 1.51. The van der Waals surface area contributed by atoms with Crippen molar-refractivity contribution in [3.63, 3.8) is 0 Å². The lowest BCUT2D eigenvalue weighted by molar-refractivity contribution is -0.154. The molecule has 0 unspecified atom stereocenters. The van der Waals surface area contributed by atoms with Crippen LogP contribution in [-0.2, 0) is 14.3 Å². The fraction of sp³-hybridized carbons (Fsp3) is 0.391. The Bertz CT molecular complexity index is 978. The van der Waals surface area contributed by atoms with Crippen LogP contribution in [-0.4, -0.2) is 62.9 Å². The number of fused-ring (bicyclic) bond motifs is 1. The average Bonchev–Trinajstić information content (AvgIpc) is 3.28. The van der Waals surface area contributed by atoms with E-state index in [0.717, 1.165) is 5.56 Å². The monoisotopic (exact) mass is 443 g/mol. The van der Waals surface area contributed by atoms with Gasteiger partial charge in [0.2, 0.25) is 6.79 Å². The number of hydrogen-bond acceptors (Lipinski definition) is 7. The number of benzene rings is 2. The highest BCUT2D eigenvalue weighted by molar-refractivity contribution is 6.32. The number of nitrogens with one attached hydrogen (secondary N) is 1. The zero-order valence-corrected chi connectivity index (χ0v) is 17.9. The van der Waals surface area contributed by atoms with Crippen molar-refractivity contribution in [1.82, 2.24) is 10.2 Å². The molecule has 8 nitrogen and oxygen atoms in total. The van der Waals surface area contributed by atoms with Crippen molar-refractivity contribution >= 4 is 17.6 Å². The molecule has 2 aromatic rings. The third-order valence-electron chi connectivity index (χ3n) is 5.65. The number of ether oxygens (including phenoxy) is 3. The Kier molecular flexibility index (Phi) is 6.75. The molecule has 0 bridgehead atoms. The standard InChI is InChI=1S/C23H26FN3O5/c1-2-30-23(29)22(28)25-14-19(16-7-8-20-21(13-16)32-15-31-20)27-11-9-26(10-12-27)18-6-4-3-5-17(18)24/h3-8,13,19H,2,9-12,14-15H2,1H3,(H,25,28)/t19-/m0/s1. The highest BCUT2D eigenvalue weighted by Crippen LogP contribution is 2.36. The van der Waals surface area contributed by atoms with Gasteiger partial charge in [-0.15, -0.1) is 0 Å². The molecule has 4 rings (SSSR count). The summed E-state index contributed by atoms with van der Waals surface area (Å²) in [6.07, 6.45) is 0. The molecular weight excluding hydrogens is 417 g/mol. The number of hydrogen-bond donors (Lipinski definition) is 1. The summed E-state index contributed by atoms with van der Waals surface area (Å²) < 4.78 is 29.9. The Labute approximate surface area is 185 Å². The molecule has 0 spiro atoms. The molecule has 1 atom stereocenters. The van der Waals surface area contributed by atoms with Crippen molar-refractivity contribution in [3.05, 3.63) is 53.8 Å². The first-order valence-electron chi connectivity index (χ1n) is 10.6. The van der Waals surface area contributed by atoms with Gasteiger partial charge in [0.15, 0.2) is 11.5 Å². The van der Waals surface area contributed by atoms with E-state index in [2.05, 4.69) is 10.2 Å². The van der Waals surface area contributed by atoms with Crippen LogP contribution < -0.4 is 19.7 Å². The van der Waals surface area contributed by atoms with E-state index in [1.807, 2.05) is 29.2 Å². The van der Waals surface area contributed by atoms with E-state index < -0.39 is 11.9 Å². The summed E-state index contributed by atoms with van der Waals surface area (Å²) in [6, 6.07) is 12.2. The summed E-state index contributed by atoms with van der Waals surface area (Å²) in [4.78, 5) is 28.1. The van der Waals surface area contributed by atoms with Crippen molar-refractivity contribution in [2.24, 2.45) is 0 Å². The minimum atomic E-state index is -0.902. The van der Waals surface area contributed by atoms with Gasteiger partial charge in [-0.3, -0.25) is 9.69 Å². The number of carbonyl (C=O) groups is 2. The van der Waals surface area contributed by atoms with E-state index in [1.54, 1.807) is 19.1 Å². The number of carbonyl (C=O) groups excluding carboxylic acids is 2. The smallest absolute Gasteiger partial charge is 0.396 e. The van der Waals surface area contributed by atoms with Crippen LogP contribution in [0.2, 0.25) is 0 Å². The molecule has 1 fully saturated rings. The predicted octanol–water partition coefficient (Wildman–Crippen LogP) is 2.10. The lowest BCUT2D eigenvalue weighted by Crippen LogP contribution is -2.50. The maximum atomic E-state index is 14.2. The molecule has 2 aliphatic rings. The topological polar surface area (TPSA) is 80.3 Å². The lowest BCUT2D eigenvalue weighted by atomic mass is 10.0. The first-order valence-corrected chi connectivity index (χ1v) is 10.6.